The third-order valence-electron chi connectivity index (χ3n) is 1.89. The van der Waals surface area contributed by atoms with Crippen LogP contribution in [0.5, 0.6) is 0 Å². The van der Waals surface area contributed by atoms with Crippen LogP contribution in [0.1, 0.15) is 42.6 Å². The van der Waals surface area contributed by atoms with Gasteiger partial charge in [-0.3, -0.25) is 0 Å². The molecule has 78 valence electrons. The minimum atomic E-state index is -1.05. The molecule has 0 aliphatic heterocycles. The van der Waals surface area contributed by atoms with Gasteiger partial charge in [-0.1, -0.05) is 25.9 Å². The highest BCUT2D eigenvalue weighted by molar-refractivity contribution is 5.86. The van der Waals surface area contributed by atoms with E-state index >= 15 is 0 Å². The van der Waals surface area contributed by atoms with Gasteiger partial charge in [0.05, 0.1) is 5.69 Å². The Labute approximate surface area is 82.9 Å². The van der Waals surface area contributed by atoms with Gasteiger partial charge in [0.2, 0.25) is 5.76 Å². The van der Waals surface area contributed by atoms with Gasteiger partial charge in [-0.05, 0) is 18.8 Å². The van der Waals surface area contributed by atoms with Crippen molar-refractivity contribution in [2.45, 2.75) is 34.1 Å². The molecule has 0 aliphatic carbocycles. The van der Waals surface area contributed by atoms with E-state index in [4.69, 9.17) is 9.63 Å². The second-order valence-electron chi connectivity index (χ2n) is 4.62. The van der Waals surface area contributed by atoms with E-state index in [-0.39, 0.29) is 11.2 Å². The summed E-state index contributed by atoms with van der Waals surface area (Å²) < 4.78 is 4.75. The van der Waals surface area contributed by atoms with Crippen LogP contribution in [0.2, 0.25) is 0 Å². The molecule has 0 unspecified atom stereocenters. The molecule has 1 rings (SSSR count). The molecule has 0 aliphatic rings. The summed E-state index contributed by atoms with van der Waals surface area (Å²) in [6.45, 7) is 7.90. The summed E-state index contributed by atoms with van der Waals surface area (Å²) in [5, 5.41) is 12.5. The molecule has 0 fully saturated rings. The van der Waals surface area contributed by atoms with E-state index in [1.54, 1.807) is 6.92 Å². The molecular weight excluding hydrogens is 182 g/mol. The van der Waals surface area contributed by atoms with Crippen LogP contribution < -0.4 is 0 Å². The molecule has 0 atom stereocenters. The van der Waals surface area contributed by atoms with Crippen LogP contribution in [-0.2, 0) is 6.42 Å². The first-order valence-electron chi connectivity index (χ1n) is 4.50. The molecule has 1 aromatic rings. The predicted octanol–water partition coefficient (Wildman–Crippen LogP) is 2.27. The van der Waals surface area contributed by atoms with Crippen LogP contribution >= 0.6 is 0 Å². The molecule has 1 N–H and O–H groups in total. The lowest BCUT2D eigenvalue weighted by molar-refractivity contribution is 0.0649. The van der Waals surface area contributed by atoms with Crippen LogP contribution in [0.15, 0.2) is 4.52 Å². The fraction of sp³-hybridized carbons (Fsp3) is 0.600. The number of aromatic nitrogens is 1. The van der Waals surface area contributed by atoms with E-state index in [1.165, 1.54) is 0 Å². The molecule has 4 nitrogen and oxygen atoms in total. The Morgan fingerprint density at radius 3 is 2.50 bits per heavy atom. The molecule has 0 saturated heterocycles. The highest BCUT2D eigenvalue weighted by Crippen LogP contribution is 2.25. The van der Waals surface area contributed by atoms with Gasteiger partial charge in [-0.2, -0.15) is 0 Å². The van der Waals surface area contributed by atoms with Gasteiger partial charge < -0.3 is 9.63 Å². The maximum atomic E-state index is 10.8. The monoisotopic (exact) mass is 197 g/mol. The van der Waals surface area contributed by atoms with Crippen molar-refractivity contribution in [3.8, 4) is 0 Å². The maximum Gasteiger partial charge on any atom is 0.375 e. The maximum absolute atomic E-state index is 10.8. The minimum absolute atomic E-state index is 0.0283. The zero-order valence-electron chi connectivity index (χ0n) is 8.92. The van der Waals surface area contributed by atoms with Gasteiger partial charge in [0.25, 0.3) is 0 Å². The normalized spacial score (nSPS) is 11.7. The Hall–Kier alpha value is -1.32. The van der Waals surface area contributed by atoms with E-state index < -0.39 is 5.97 Å². The van der Waals surface area contributed by atoms with Gasteiger partial charge >= 0.3 is 5.97 Å². The van der Waals surface area contributed by atoms with Gasteiger partial charge in [-0.25, -0.2) is 4.79 Å². The number of hydrogen-bond donors (Lipinski definition) is 1. The molecule has 1 aromatic heterocycles. The predicted molar refractivity (Wildman–Crippen MR) is 51.4 cm³/mol. The summed E-state index contributed by atoms with van der Waals surface area (Å²) in [5.41, 5.74) is 1.39. The van der Waals surface area contributed by atoms with E-state index in [9.17, 15) is 4.79 Å². The van der Waals surface area contributed by atoms with Crippen LogP contribution in [-0.4, -0.2) is 16.2 Å². The zero-order valence-corrected chi connectivity index (χ0v) is 8.92. The third kappa shape index (κ3) is 2.34. The fourth-order valence-electron chi connectivity index (χ4n) is 1.30. The molecule has 14 heavy (non-hydrogen) atoms. The second-order valence-corrected chi connectivity index (χ2v) is 4.62. The number of carboxylic acid groups (broad SMARTS) is 1. The summed E-state index contributed by atoms with van der Waals surface area (Å²) in [5.74, 6) is -1.08. The van der Waals surface area contributed by atoms with Crippen molar-refractivity contribution in [3.63, 3.8) is 0 Å². The minimum Gasteiger partial charge on any atom is -0.475 e. The molecular formula is C10H15NO3. The van der Waals surface area contributed by atoms with Gasteiger partial charge in [0.15, 0.2) is 0 Å². The molecule has 4 heteroatoms. The Morgan fingerprint density at radius 1 is 1.50 bits per heavy atom. The van der Waals surface area contributed by atoms with Crippen molar-refractivity contribution >= 4 is 5.97 Å². The molecule has 0 bridgehead atoms. The number of hydrogen-bond acceptors (Lipinski definition) is 3. The summed E-state index contributed by atoms with van der Waals surface area (Å²) in [6.07, 6.45) is 0.657. The number of nitrogens with zero attached hydrogens (tertiary/aromatic N) is 1. The average Bonchev–Trinajstić information content (AvgIpc) is 2.29. The first-order valence-corrected chi connectivity index (χ1v) is 4.50. The molecule has 0 radical (unpaired) electrons. The summed E-state index contributed by atoms with van der Waals surface area (Å²) in [7, 11) is 0. The van der Waals surface area contributed by atoms with Crippen LogP contribution in [0.25, 0.3) is 0 Å². The SMILES string of the molecule is Cc1noc(C(=O)O)c1CC(C)(C)C. The summed E-state index contributed by atoms with van der Waals surface area (Å²) >= 11 is 0. The van der Waals surface area contributed by atoms with Gasteiger partial charge in [0.1, 0.15) is 0 Å². The van der Waals surface area contributed by atoms with Crippen LogP contribution in [0.3, 0.4) is 0 Å². The molecule has 0 spiro atoms. The Balaban J connectivity index is 3.06. The lowest BCUT2D eigenvalue weighted by Crippen LogP contribution is -2.12. The largest absolute Gasteiger partial charge is 0.475 e. The van der Waals surface area contributed by atoms with E-state index in [0.717, 1.165) is 0 Å². The Morgan fingerprint density at radius 2 is 2.07 bits per heavy atom. The number of rotatable bonds is 2. The first kappa shape index (κ1) is 10.8. The topological polar surface area (TPSA) is 63.3 Å². The van der Waals surface area contributed by atoms with Gasteiger partial charge in [-0.15, -0.1) is 0 Å². The number of carbonyl (C=O) groups is 1. The van der Waals surface area contributed by atoms with Gasteiger partial charge in [0, 0.05) is 5.56 Å². The molecule has 0 amide bonds. The Kier molecular flexibility index (Phi) is 2.64. The van der Waals surface area contributed by atoms with Crippen molar-refractivity contribution < 1.29 is 14.4 Å². The Bertz CT molecular complexity index is 347. The summed E-state index contributed by atoms with van der Waals surface area (Å²) in [4.78, 5) is 10.8. The lowest BCUT2D eigenvalue weighted by Gasteiger charge is -2.17. The van der Waals surface area contributed by atoms with Crippen molar-refractivity contribution in [3.05, 3.63) is 17.0 Å². The molecule has 0 saturated carbocycles. The lowest BCUT2D eigenvalue weighted by atomic mass is 9.87. The number of carboxylic acids is 1. The van der Waals surface area contributed by atoms with E-state index in [0.29, 0.717) is 17.7 Å². The summed E-state index contributed by atoms with van der Waals surface area (Å²) in [6, 6.07) is 0. The standard InChI is InChI=1S/C10H15NO3/c1-6-7(5-10(2,3)4)8(9(12)13)14-11-6/h5H2,1-4H3,(H,12,13). The zero-order chi connectivity index (χ0) is 10.9. The van der Waals surface area contributed by atoms with Crippen LogP contribution in [0, 0.1) is 12.3 Å². The second kappa shape index (κ2) is 3.44. The number of aryl methyl sites for hydroxylation is 1. The fourth-order valence-corrected chi connectivity index (χ4v) is 1.30. The smallest absolute Gasteiger partial charge is 0.375 e. The van der Waals surface area contributed by atoms with E-state index in [1.807, 2.05) is 20.8 Å². The third-order valence-corrected chi connectivity index (χ3v) is 1.89. The van der Waals surface area contributed by atoms with Crippen molar-refractivity contribution in [2.75, 3.05) is 0 Å². The quantitative estimate of drug-likeness (QED) is 0.789. The molecule has 1 heterocycles. The average molecular weight is 197 g/mol. The van der Waals surface area contributed by atoms with Crippen LogP contribution in [0.4, 0.5) is 0 Å². The highest BCUT2D eigenvalue weighted by atomic mass is 16.5. The van der Waals surface area contributed by atoms with Crippen molar-refractivity contribution in [1.82, 2.24) is 5.16 Å². The first-order chi connectivity index (χ1) is 6.31. The van der Waals surface area contributed by atoms with Crippen molar-refractivity contribution in [1.29, 1.82) is 0 Å². The van der Waals surface area contributed by atoms with Crippen molar-refractivity contribution in [2.24, 2.45) is 5.41 Å². The molecule has 0 aromatic carbocycles. The number of aromatic carboxylic acids is 1. The van der Waals surface area contributed by atoms with E-state index in [2.05, 4.69) is 5.16 Å². The highest BCUT2D eigenvalue weighted by Gasteiger charge is 2.23.